The molecule has 0 fully saturated rings. The Kier molecular flexibility index (Phi) is 5.17. The highest BCUT2D eigenvalue weighted by atomic mass is 16.5. The van der Waals surface area contributed by atoms with E-state index in [-0.39, 0.29) is 6.42 Å². The van der Waals surface area contributed by atoms with E-state index in [0.717, 1.165) is 6.42 Å². The molecule has 0 aromatic heterocycles. The van der Waals surface area contributed by atoms with Gasteiger partial charge in [0.1, 0.15) is 5.75 Å². The molecule has 98 valence electrons. The molecular formula is C13H16O5. The van der Waals surface area contributed by atoms with Crippen molar-refractivity contribution in [3.63, 3.8) is 0 Å². The first kappa shape index (κ1) is 14.0. The zero-order chi connectivity index (χ0) is 13.5. The van der Waals surface area contributed by atoms with Crippen LogP contribution in [-0.2, 0) is 16.0 Å². The molecule has 0 saturated heterocycles. The van der Waals surface area contributed by atoms with Crippen LogP contribution in [0.5, 0.6) is 5.75 Å². The zero-order valence-electron chi connectivity index (χ0n) is 10.1. The fraction of sp³-hybridized carbons (Fsp3) is 0.385. The highest BCUT2D eigenvalue weighted by molar-refractivity contribution is 5.93. The average Bonchev–Trinajstić information content (AvgIpc) is 2.34. The van der Waals surface area contributed by atoms with E-state index in [1.54, 1.807) is 24.3 Å². The third-order valence-electron chi connectivity index (χ3n) is 2.43. The van der Waals surface area contributed by atoms with E-state index >= 15 is 0 Å². The lowest BCUT2D eigenvalue weighted by atomic mass is 10.00. The molecule has 5 nitrogen and oxygen atoms in total. The fourth-order valence-electron chi connectivity index (χ4n) is 1.46. The van der Waals surface area contributed by atoms with Crippen LogP contribution in [0, 0.1) is 5.92 Å². The number of hydrogen-bond donors (Lipinski definition) is 2. The first-order chi connectivity index (χ1) is 8.54. The van der Waals surface area contributed by atoms with Crippen molar-refractivity contribution in [2.75, 3.05) is 6.61 Å². The van der Waals surface area contributed by atoms with Crippen LogP contribution in [-0.4, -0.2) is 28.8 Å². The number of benzene rings is 1. The van der Waals surface area contributed by atoms with E-state index in [2.05, 4.69) is 0 Å². The Morgan fingerprint density at radius 2 is 1.72 bits per heavy atom. The molecule has 0 saturated carbocycles. The summed E-state index contributed by atoms with van der Waals surface area (Å²) in [6, 6.07) is 6.80. The van der Waals surface area contributed by atoms with E-state index in [9.17, 15) is 9.59 Å². The SMILES string of the molecule is CCCOc1ccc(CC(C(=O)O)C(=O)O)cc1. The molecule has 0 radical (unpaired) electrons. The minimum Gasteiger partial charge on any atom is -0.494 e. The van der Waals surface area contributed by atoms with Gasteiger partial charge in [-0.1, -0.05) is 19.1 Å². The molecule has 0 aliphatic rings. The van der Waals surface area contributed by atoms with Crippen LogP contribution >= 0.6 is 0 Å². The molecule has 0 amide bonds. The number of carboxylic acid groups (broad SMARTS) is 2. The summed E-state index contributed by atoms with van der Waals surface area (Å²) in [5, 5.41) is 17.5. The largest absolute Gasteiger partial charge is 0.494 e. The molecule has 0 spiro atoms. The summed E-state index contributed by atoms with van der Waals surface area (Å²) < 4.78 is 5.38. The van der Waals surface area contributed by atoms with Crippen LogP contribution in [0.25, 0.3) is 0 Å². The van der Waals surface area contributed by atoms with Crippen LogP contribution in [0.15, 0.2) is 24.3 Å². The molecule has 0 heterocycles. The van der Waals surface area contributed by atoms with Gasteiger partial charge in [0.15, 0.2) is 5.92 Å². The lowest BCUT2D eigenvalue weighted by Gasteiger charge is -2.08. The van der Waals surface area contributed by atoms with E-state index in [0.29, 0.717) is 17.9 Å². The molecule has 2 N–H and O–H groups in total. The van der Waals surface area contributed by atoms with Crippen LogP contribution in [0.2, 0.25) is 0 Å². The van der Waals surface area contributed by atoms with Gasteiger partial charge in [-0.05, 0) is 30.5 Å². The number of carboxylic acids is 2. The minimum absolute atomic E-state index is 0.0290. The smallest absolute Gasteiger partial charge is 0.318 e. The number of rotatable bonds is 7. The Morgan fingerprint density at radius 1 is 1.17 bits per heavy atom. The highest BCUT2D eigenvalue weighted by Gasteiger charge is 2.25. The van der Waals surface area contributed by atoms with Gasteiger partial charge in [0.2, 0.25) is 0 Å². The van der Waals surface area contributed by atoms with Gasteiger partial charge in [0, 0.05) is 0 Å². The van der Waals surface area contributed by atoms with Crippen molar-refractivity contribution in [1.82, 2.24) is 0 Å². The first-order valence-electron chi connectivity index (χ1n) is 5.72. The molecule has 1 aromatic rings. The predicted molar refractivity (Wildman–Crippen MR) is 64.7 cm³/mol. The van der Waals surface area contributed by atoms with E-state index < -0.39 is 17.9 Å². The maximum Gasteiger partial charge on any atom is 0.318 e. The lowest BCUT2D eigenvalue weighted by Crippen LogP contribution is -2.25. The third kappa shape index (κ3) is 4.08. The Morgan fingerprint density at radius 3 is 2.17 bits per heavy atom. The predicted octanol–water partition coefficient (Wildman–Crippen LogP) is 1.80. The number of hydrogen-bond acceptors (Lipinski definition) is 3. The topological polar surface area (TPSA) is 83.8 Å². The molecule has 1 aromatic carbocycles. The van der Waals surface area contributed by atoms with E-state index in [4.69, 9.17) is 14.9 Å². The first-order valence-corrected chi connectivity index (χ1v) is 5.72. The summed E-state index contributed by atoms with van der Waals surface area (Å²) in [4.78, 5) is 21.5. The van der Waals surface area contributed by atoms with Gasteiger partial charge in [-0.3, -0.25) is 9.59 Å². The normalized spacial score (nSPS) is 10.3. The average molecular weight is 252 g/mol. The van der Waals surface area contributed by atoms with Crippen molar-refractivity contribution in [3.05, 3.63) is 29.8 Å². The van der Waals surface area contributed by atoms with Gasteiger partial charge >= 0.3 is 11.9 Å². The quantitative estimate of drug-likeness (QED) is 0.723. The van der Waals surface area contributed by atoms with Gasteiger partial charge in [0.25, 0.3) is 0 Å². The zero-order valence-corrected chi connectivity index (χ0v) is 10.1. The number of carbonyl (C=O) groups is 2. The molecule has 5 heteroatoms. The summed E-state index contributed by atoms with van der Waals surface area (Å²) in [7, 11) is 0. The molecule has 18 heavy (non-hydrogen) atoms. The molecular weight excluding hydrogens is 236 g/mol. The van der Waals surface area contributed by atoms with Crippen molar-refractivity contribution < 1.29 is 24.5 Å². The fourth-order valence-corrected chi connectivity index (χ4v) is 1.46. The highest BCUT2D eigenvalue weighted by Crippen LogP contribution is 2.15. The van der Waals surface area contributed by atoms with Gasteiger partial charge < -0.3 is 14.9 Å². The van der Waals surface area contributed by atoms with Gasteiger partial charge in [-0.15, -0.1) is 0 Å². The molecule has 0 bridgehead atoms. The van der Waals surface area contributed by atoms with Crippen LogP contribution in [0.3, 0.4) is 0 Å². The second-order valence-corrected chi connectivity index (χ2v) is 3.93. The van der Waals surface area contributed by atoms with Crippen molar-refractivity contribution >= 4 is 11.9 Å². The van der Waals surface area contributed by atoms with Gasteiger partial charge in [0.05, 0.1) is 6.61 Å². The molecule has 0 aliphatic carbocycles. The van der Waals surface area contributed by atoms with Crippen LogP contribution < -0.4 is 4.74 Å². The molecule has 0 unspecified atom stereocenters. The Hall–Kier alpha value is -2.04. The summed E-state index contributed by atoms with van der Waals surface area (Å²) in [5.74, 6) is -3.36. The molecule has 0 atom stereocenters. The van der Waals surface area contributed by atoms with Crippen LogP contribution in [0.4, 0.5) is 0 Å². The maximum atomic E-state index is 10.7. The van der Waals surface area contributed by atoms with Crippen molar-refractivity contribution in [2.45, 2.75) is 19.8 Å². The third-order valence-corrected chi connectivity index (χ3v) is 2.43. The second-order valence-electron chi connectivity index (χ2n) is 3.93. The van der Waals surface area contributed by atoms with E-state index in [1.807, 2.05) is 6.92 Å². The second kappa shape index (κ2) is 6.64. The maximum absolute atomic E-state index is 10.7. The summed E-state index contributed by atoms with van der Waals surface area (Å²) >= 11 is 0. The summed E-state index contributed by atoms with van der Waals surface area (Å²) in [6.45, 7) is 2.62. The monoisotopic (exact) mass is 252 g/mol. The van der Waals surface area contributed by atoms with E-state index in [1.165, 1.54) is 0 Å². The minimum atomic E-state index is -1.41. The number of aliphatic carboxylic acids is 2. The lowest BCUT2D eigenvalue weighted by molar-refractivity contribution is -0.154. The standard InChI is InChI=1S/C13H16O5/c1-2-7-18-10-5-3-9(4-6-10)8-11(12(14)15)13(16)17/h3-6,11H,2,7-8H2,1H3,(H,14,15)(H,16,17). The summed E-state index contributed by atoms with van der Waals surface area (Å²) in [6.07, 6.45) is 0.876. The summed E-state index contributed by atoms with van der Waals surface area (Å²) in [5.41, 5.74) is 0.661. The van der Waals surface area contributed by atoms with Crippen molar-refractivity contribution in [2.24, 2.45) is 5.92 Å². The Balaban J connectivity index is 2.67. The van der Waals surface area contributed by atoms with Crippen molar-refractivity contribution in [3.8, 4) is 5.75 Å². The van der Waals surface area contributed by atoms with Gasteiger partial charge in [-0.2, -0.15) is 0 Å². The molecule has 1 rings (SSSR count). The Labute approximate surface area is 105 Å². The van der Waals surface area contributed by atoms with Crippen LogP contribution in [0.1, 0.15) is 18.9 Å². The van der Waals surface area contributed by atoms with Gasteiger partial charge in [-0.25, -0.2) is 0 Å². The number of ether oxygens (including phenoxy) is 1. The van der Waals surface area contributed by atoms with Crippen molar-refractivity contribution in [1.29, 1.82) is 0 Å². The molecule has 0 aliphatic heterocycles. The Bertz CT molecular complexity index is 396.